The summed E-state index contributed by atoms with van der Waals surface area (Å²) in [5.74, 6) is 1.90. The van der Waals surface area contributed by atoms with Crippen molar-refractivity contribution in [2.45, 2.75) is 31.8 Å². The first-order valence-electron chi connectivity index (χ1n) is 6.42. The monoisotopic (exact) mass is 232 g/mol. The van der Waals surface area contributed by atoms with Gasteiger partial charge in [-0.2, -0.15) is 0 Å². The number of rotatable bonds is 3. The Morgan fingerprint density at radius 2 is 2.29 bits per heavy atom. The van der Waals surface area contributed by atoms with E-state index < -0.39 is 0 Å². The number of hydrogen-bond acceptors (Lipinski definition) is 3. The third-order valence-electron chi connectivity index (χ3n) is 4.20. The van der Waals surface area contributed by atoms with Crippen LogP contribution in [-0.2, 0) is 6.54 Å². The fourth-order valence-electron chi connectivity index (χ4n) is 3.36. The lowest BCUT2D eigenvalue weighted by Gasteiger charge is -2.27. The largest absolute Gasteiger partial charge is 0.496 e. The minimum atomic E-state index is 0.797. The van der Waals surface area contributed by atoms with Gasteiger partial charge >= 0.3 is 0 Å². The highest BCUT2D eigenvalue weighted by atomic mass is 16.5. The molecular weight excluding hydrogens is 212 g/mol. The van der Waals surface area contributed by atoms with Crippen molar-refractivity contribution in [2.24, 2.45) is 5.92 Å². The SMILES string of the molecule is COc1ccc(N)cc1CN1CC2CCC1C2. The highest BCUT2D eigenvalue weighted by Crippen LogP contribution is 2.39. The summed E-state index contributed by atoms with van der Waals surface area (Å²) >= 11 is 0. The van der Waals surface area contributed by atoms with E-state index in [0.717, 1.165) is 29.9 Å². The third kappa shape index (κ3) is 2.00. The maximum atomic E-state index is 5.86. The van der Waals surface area contributed by atoms with Crippen LogP contribution in [0.1, 0.15) is 24.8 Å². The Morgan fingerprint density at radius 3 is 2.94 bits per heavy atom. The van der Waals surface area contributed by atoms with Gasteiger partial charge in [0, 0.05) is 30.4 Å². The van der Waals surface area contributed by atoms with Gasteiger partial charge in [-0.05, 0) is 43.4 Å². The van der Waals surface area contributed by atoms with Gasteiger partial charge in [0.2, 0.25) is 0 Å². The quantitative estimate of drug-likeness (QED) is 0.812. The van der Waals surface area contributed by atoms with Gasteiger partial charge in [0.15, 0.2) is 0 Å². The number of likely N-dealkylation sites (tertiary alicyclic amines) is 1. The molecule has 1 saturated heterocycles. The molecule has 2 aliphatic rings. The van der Waals surface area contributed by atoms with Crippen LogP contribution in [0.2, 0.25) is 0 Å². The number of nitrogens with zero attached hydrogens (tertiary/aromatic N) is 1. The van der Waals surface area contributed by atoms with Gasteiger partial charge in [0.25, 0.3) is 0 Å². The average molecular weight is 232 g/mol. The van der Waals surface area contributed by atoms with Crippen molar-refractivity contribution >= 4 is 5.69 Å². The number of nitrogens with two attached hydrogens (primary N) is 1. The van der Waals surface area contributed by atoms with E-state index in [-0.39, 0.29) is 0 Å². The normalized spacial score (nSPS) is 27.6. The first kappa shape index (κ1) is 10.9. The summed E-state index contributed by atoms with van der Waals surface area (Å²) in [5, 5.41) is 0. The van der Waals surface area contributed by atoms with Crippen molar-refractivity contribution in [3.63, 3.8) is 0 Å². The van der Waals surface area contributed by atoms with Crippen LogP contribution in [-0.4, -0.2) is 24.6 Å². The van der Waals surface area contributed by atoms with Crippen molar-refractivity contribution in [3.05, 3.63) is 23.8 Å². The second-order valence-electron chi connectivity index (χ2n) is 5.33. The third-order valence-corrected chi connectivity index (χ3v) is 4.20. The molecule has 0 amide bonds. The molecule has 3 nitrogen and oxygen atoms in total. The molecule has 3 rings (SSSR count). The molecule has 3 heteroatoms. The van der Waals surface area contributed by atoms with Crippen molar-refractivity contribution in [1.82, 2.24) is 4.90 Å². The molecule has 2 atom stereocenters. The molecular formula is C14H20N2O. The summed E-state index contributed by atoms with van der Waals surface area (Å²) in [7, 11) is 1.73. The lowest BCUT2D eigenvalue weighted by Crippen LogP contribution is -2.31. The van der Waals surface area contributed by atoms with Crippen LogP contribution in [0.3, 0.4) is 0 Å². The maximum absolute atomic E-state index is 5.86. The summed E-state index contributed by atoms with van der Waals surface area (Å²) in [6.07, 6.45) is 4.19. The van der Waals surface area contributed by atoms with Crippen molar-refractivity contribution < 1.29 is 4.74 Å². The van der Waals surface area contributed by atoms with E-state index in [9.17, 15) is 0 Å². The Morgan fingerprint density at radius 1 is 1.41 bits per heavy atom. The van der Waals surface area contributed by atoms with Crippen molar-refractivity contribution in [1.29, 1.82) is 0 Å². The molecule has 1 aliphatic carbocycles. The summed E-state index contributed by atoms with van der Waals surface area (Å²) in [4.78, 5) is 2.59. The lowest BCUT2D eigenvalue weighted by molar-refractivity contribution is 0.203. The summed E-state index contributed by atoms with van der Waals surface area (Å²) in [6, 6.07) is 6.72. The van der Waals surface area contributed by atoms with Crippen LogP contribution in [0.4, 0.5) is 5.69 Å². The number of benzene rings is 1. The molecule has 1 saturated carbocycles. The summed E-state index contributed by atoms with van der Waals surface area (Å²) in [5.41, 5.74) is 7.90. The molecule has 1 aromatic carbocycles. The minimum Gasteiger partial charge on any atom is -0.496 e. The Kier molecular flexibility index (Phi) is 2.71. The lowest BCUT2D eigenvalue weighted by atomic mass is 10.1. The zero-order valence-corrected chi connectivity index (χ0v) is 10.4. The van der Waals surface area contributed by atoms with E-state index in [1.54, 1.807) is 7.11 Å². The number of fused-ring (bicyclic) bond motifs is 2. The first-order valence-corrected chi connectivity index (χ1v) is 6.42. The Balaban J connectivity index is 1.78. The van der Waals surface area contributed by atoms with Crippen LogP contribution in [0.5, 0.6) is 5.75 Å². The minimum absolute atomic E-state index is 0.797. The number of ether oxygens (including phenoxy) is 1. The molecule has 2 fully saturated rings. The molecule has 0 radical (unpaired) electrons. The fraction of sp³-hybridized carbons (Fsp3) is 0.571. The predicted octanol–water partition coefficient (Wildman–Crippen LogP) is 2.26. The number of anilines is 1. The molecule has 1 heterocycles. The van der Waals surface area contributed by atoms with Gasteiger partial charge in [-0.1, -0.05) is 0 Å². The molecule has 0 spiro atoms. The molecule has 92 valence electrons. The molecule has 2 unspecified atom stereocenters. The van der Waals surface area contributed by atoms with Crippen molar-refractivity contribution in [2.75, 3.05) is 19.4 Å². The van der Waals surface area contributed by atoms with E-state index in [4.69, 9.17) is 10.5 Å². The molecule has 1 aliphatic heterocycles. The Labute approximate surface area is 103 Å². The molecule has 2 N–H and O–H groups in total. The van der Waals surface area contributed by atoms with E-state index in [2.05, 4.69) is 4.90 Å². The standard InChI is InChI=1S/C14H20N2O/c1-17-14-5-3-12(15)7-11(14)9-16-8-10-2-4-13(16)6-10/h3,5,7,10,13H,2,4,6,8-9,15H2,1H3. The predicted molar refractivity (Wildman–Crippen MR) is 68.9 cm³/mol. The number of piperidine rings is 1. The Hall–Kier alpha value is -1.22. The van der Waals surface area contributed by atoms with Crippen LogP contribution >= 0.6 is 0 Å². The Bertz CT molecular complexity index is 419. The number of hydrogen-bond donors (Lipinski definition) is 1. The van der Waals surface area contributed by atoms with E-state index in [0.29, 0.717) is 0 Å². The smallest absolute Gasteiger partial charge is 0.123 e. The van der Waals surface area contributed by atoms with Gasteiger partial charge in [0.1, 0.15) is 5.75 Å². The van der Waals surface area contributed by atoms with Gasteiger partial charge in [-0.25, -0.2) is 0 Å². The highest BCUT2D eigenvalue weighted by molar-refractivity contribution is 5.47. The van der Waals surface area contributed by atoms with E-state index in [1.165, 1.54) is 31.4 Å². The highest BCUT2D eigenvalue weighted by Gasteiger charge is 2.37. The van der Waals surface area contributed by atoms with Crippen LogP contribution in [0.15, 0.2) is 18.2 Å². The number of nitrogen functional groups attached to an aromatic ring is 1. The van der Waals surface area contributed by atoms with Gasteiger partial charge < -0.3 is 10.5 Å². The zero-order chi connectivity index (χ0) is 11.8. The molecule has 1 aromatic rings. The van der Waals surface area contributed by atoms with Gasteiger partial charge in [-0.15, -0.1) is 0 Å². The molecule has 17 heavy (non-hydrogen) atoms. The van der Waals surface area contributed by atoms with Crippen molar-refractivity contribution in [3.8, 4) is 5.75 Å². The second-order valence-corrected chi connectivity index (χ2v) is 5.33. The number of methoxy groups -OCH3 is 1. The van der Waals surface area contributed by atoms with E-state index >= 15 is 0 Å². The summed E-state index contributed by atoms with van der Waals surface area (Å²) < 4.78 is 5.41. The molecule has 0 aromatic heterocycles. The topological polar surface area (TPSA) is 38.5 Å². The zero-order valence-electron chi connectivity index (χ0n) is 10.4. The summed E-state index contributed by atoms with van der Waals surface area (Å²) in [6.45, 7) is 2.23. The van der Waals surface area contributed by atoms with Crippen LogP contribution < -0.4 is 10.5 Å². The van der Waals surface area contributed by atoms with Crippen LogP contribution in [0, 0.1) is 5.92 Å². The molecule has 2 bridgehead atoms. The van der Waals surface area contributed by atoms with Gasteiger partial charge in [0.05, 0.1) is 7.11 Å². The second kappa shape index (κ2) is 4.22. The first-order chi connectivity index (χ1) is 8.26. The fourth-order valence-corrected chi connectivity index (χ4v) is 3.36. The average Bonchev–Trinajstić information content (AvgIpc) is 2.91. The van der Waals surface area contributed by atoms with Gasteiger partial charge in [-0.3, -0.25) is 4.90 Å². The maximum Gasteiger partial charge on any atom is 0.123 e. The van der Waals surface area contributed by atoms with Crippen LogP contribution in [0.25, 0.3) is 0 Å². The van der Waals surface area contributed by atoms with E-state index in [1.807, 2.05) is 18.2 Å².